The van der Waals surface area contributed by atoms with E-state index in [1.807, 2.05) is 86.3 Å². The first-order chi connectivity index (χ1) is 15.5. The molecule has 7 nitrogen and oxygen atoms in total. The summed E-state index contributed by atoms with van der Waals surface area (Å²) in [5, 5.41) is 7.06. The first-order valence-electron chi connectivity index (χ1n) is 10.5. The van der Waals surface area contributed by atoms with Gasteiger partial charge in [-0.3, -0.25) is 4.79 Å². The topological polar surface area (TPSA) is 82.2 Å². The van der Waals surface area contributed by atoms with Gasteiger partial charge in [-0.25, -0.2) is 4.98 Å². The normalized spacial score (nSPS) is 11.8. The highest BCUT2D eigenvalue weighted by atomic mass is 16.5. The minimum absolute atomic E-state index is 0.0776. The summed E-state index contributed by atoms with van der Waals surface area (Å²) in [5.41, 5.74) is 3.67. The van der Waals surface area contributed by atoms with Crippen LogP contribution in [0, 0.1) is 13.8 Å². The molecule has 2 heterocycles. The van der Waals surface area contributed by atoms with E-state index in [4.69, 9.17) is 9.26 Å². The van der Waals surface area contributed by atoms with Crippen molar-refractivity contribution in [3.63, 3.8) is 0 Å². The zero-order chi connectivity index (χ0) is 22.5. The lowest BCUT2D eigenvalue weighted by molar-refractivity contribution is -0.121. The van der Waals surface area contributed by atoms with Gasteiger partial charge >= 0.3 is 0 Å². The van der Waals surface area contributed by atoms with E-state index in [1.54, 1.807) is 6.20 Å². The molecule has 4 rings (SSSR count). The van der Waals surface area contributed by atoms with E-state index in [-0.39, 0.29) is 18.4 Å². The van der Waals surface area contributed by atoms with Crippen molar-refractivity contribution in [2.75, 3.05) is 0 Å². The maximum atomic E-state index is 12.8. The van der Waals surface area contributed by atoms with E-state index in [1.165, 1.54) is 0 Å². The third kappa shape index (κ3) is 4.88. The van der Waals surface area contributed by atoms with Crippen molar-refractivity contribution >= 4 is 5.91 Å². The van der Waals surface area contributed by atoms with Gasteiger partial charge < -0.3 is 19.1 Å². The van der Waals surface area contributed by atoms with E-state index in [2.05, 4.69) is 15.5 Å². The van der Waals surface area contributed by atoms with Crippen molar-refractivity contribution in [1.82, 2.24) is 20.0 Å². The van der Waals surface area contributed by atoms with Gasteiger partial charge in [0.2, 0.25) is 5.91 Å². The number of nitrogens with zero attached hydrogens (tertiary/aromatic N) is 3. The summed E-state index contributed by atoms with van der Waals surface area (Å²) in [6, 6.07) is 17.1. The maximum absolute atomic E-state index is 12.8. The van der Waals surface area contributed by atoms with Crippen LogP contribution in [-0.4, -0.2) is 20.6 Å². The standard InChI is InChI=1S/C25H26N4O3/c1-17-22(18(2)32-28-17)16-31-21-11-9-19(10-12-21)15-23(30)27-24(20-7-5-4-6-8-20)25-26-13-14-29(25)3/h4-14,24H,15-16H2,1-3H3,(H,27,30). The summed E-state index contributed by atoms with van der Waals surface area (Å²) in [5.74, 6) is 2.19. The Kier molecular flexibility index (Phi) is 6.35. The fourth-order valence-corrected chi connectivity index (χ4v) is 3.56. The van der Waals surface area contributed by atoms with Gasteiger partial charge in [-0.05, 0) is 37.1 Å². The van der Waals surface area contributed by atoms with Crippen LogP contribution in [0.4, 0.5) is 0 Å². The summed E-state index contributed by atoms with van der Waals surface area (Å²) >= 11 is 0. The molecule has 0 spiro atoms. The second-order valence-electron chi connectivity index (χ2n) is 7.72. The molecule has 0 radical (unpaired) electrons. The smallest absolute Gasteiger partial charge is 0.225 e. The number of carbonyl (C=O) groups excluding carboxylic acids is 1. The number of aromatic nitrogens is 3. The second-order valence-corrected chi connectivity index (χ2v) is 7.72. The fourth-order valence-electron chi connectivity index (χ4n) is 3.56. The highest BCUT2D eigenvalue weighted by molar-refractivity contribution is 5.79. The minimum Gasteiger partial charge on any atom is -0.489 e. The van der Waals surface area contributed by atoms with E-state index in [0.29, 0.717) is 6.61 Å². The molecule has 164 valence electrons. The quantitative estimate of drug-likeness (QED) is 0.456. The van der Waals surface area contributed by atoms with Crippen LogP contribution >= 0.6 is 0 Å². The lowest BCUT2D eigenvalue weighted by Crippen LogP contribution is -2.32. The molecule has 0 saturated carbocycles. The number of aryl methyl sites for hydroxylation is 3. The van der Waals surface area contributed by atoms with Crippen LogP contribution in [0.3, 0.4) is 0 Å². The Hall–Kier alpha value is -3.87. The summed E-state index contributed by atoms with van der Waals surface area (Å²) in [7, 11) is 1.92. The average Bonchev–Trinajstić information content (AvgIpc) is 3.37. The molecule has 1 N–H and O–H groups in total. The van der Waals surface area contributed by atoms with Crippen molar-refractivity contribution < 1.29 is 14.1 Å². The maximum Gasteiger partial charge on any atom is 0.225 e. The molecule has 1 unspecified atom stereocenters. The summed E-state index contributed by atoms with van der Waals surface area (Å²) in [6.45, 7) is 4.15. The Morgan fingerprint density at radius 2 is 1.88 bits per heavy atom. The molecular formula is C25H26N4O3. The third-order valence-corrected chi connectivity index (χ3v) is 5.41. The average molecular weight is 431 g/mol. The molecule has 1 amide bonds. The van der Waals surface area contributed by atoms with Gasteiger partial charge in [-0.2, -0.15) is 0 Å². The van der Waals surface area contributed by atoms with Crippen LogP contribution in [0.5, 0.6) is 5.75 Å². The molecule has 0 aliphatic carbocycles. The molecule has 2 aromatic carbocycles. The third-order valence-electron chi connectivity index (χ3n) is 5.41. The van der Waals surface area contributed by atoms with Gasteiger partial charge in [0.15, 0.2) is 0 Å². The number of imidazole rings is 1. The number of amides is 1. The number of rotatable bonds is 8. The summed E-state index contributed by atoms with van der Waals surface area (Å²) in [4.78, 5) is 17.3. The first-order valence-corrected chi connectivity index (χ1v) is 10.5. The van der Waals surface area contributed by atoms with Gasteiger partial charge in [0, 0.05) is 19.4 Å². The van der Waals surface area contributed by atoms with Gasteiger partial charge in [-0.1, -0.05) is 47.6 Å². The van der Waals surface area contributed by atoms with Crippen molar-refractivity contribution in [3.8, 4) is 5.75 Å². The molecular weight excluding hydrogens is 404 g/mol. The predicted molar refractivity (Wildman–Crippen MR) is 120 cm³/mol. The van der Waals surface area contributed by atoms with Crippen molar-refractivity contribution in [2.45, 2.75) is 32.9 Å². The second kappa shape index (κ2) is 9.51. The van der Waals surface area contributed by atoms with Crippen molar-refractivity contribution in [2.24, 2.45) is 7.05 Å². The predicted octanol–water partition coefficient (Wildman–Crippen LogP) is 4.05. The lowest BCUT2D eigenvalue weighted by atomic mass is 10.1. The Balaban J connectivity index is 1.40. The van der Waals surface area contributed by atoms with E-state index >= 15 is 0 Å². The Bertz CT molecular complexity index is 1160. The summed E-state index contributed by atoms with van der Waals surface area (Å²) in [6.07, 6.45) is 3.87. The number of carbonyl (C=O) groups is 1. The minimum atomic E-state index is -0.318. The van der Waals surface area contributed by atoms with Crippen LogP contribution in [0.25, 0.3) is 0 Å². The zero-order valence-corrected chi connectivity index (χ0v) is 18.4. The Labute approximate surface area is 187 Å². The Morgan fingerprint density at radius 1 is 1.12 bits per heavy atom. The van der Waals surface area contributed by atoms with Crippen LogP contribution in [0.15, 0.2) is 71.5 Å². The lowest BCUT2D eigenvalue weighted by Gasteiger charge is -2.19. The fraction of sp³-hybridized carbons (Fsp3) is 0.240. The first kappa shape index (κ1) is 21.4. The number of benzene rings is 2. The van der Waals surface area contributed by atoms with Crippen LogP contribution in [0.2, 0.25) is 0 Å². The molecule has 1 atom stereocenters. The molecule has 0 bridgehead atoms. The molecule has 32 heavy (non-hydrogen) atoms. The van der Waals surface area contributed by atoms with E-state index in [0.717, 1.165) is 39.7 Å². The van der Waals surface area contributed by atoms with Gasteiger partial charge in [0.25, 0.3) is 0 Å². The Morgan fingerprint density at radius 3 is 2.50 bits per heavy atom. The molecule has 0 aliphatic rings. The summed E-state index contributed by atoms with van der Waals surface area (Å²) < 4.78 is 12.9. The monoisotopic (exact) mass is 430 g/mol. The highest BCUT2D eigenvalue weighted by Crippen LogP contribution is 2.21. The van der Waals surface area contributed by atoms with Gasteiger partial charge in [-0.15, -0.1) is 0 Å². The molecule has 0 saturated heterocycles. The van der Waals surface area contributed by atoms with Crippen LogP contribution in [0.1, 0.15) is 40.0 Å². The molecule has 0 fully saturated rings. The molecule has 2 aromatic heterocycles. The van der Waals surface area contributed by atoms with Gasteiger partial charge in [0.05, 0.1) is 17.7 Å². The number of ether oxygens (including phenoxy) is 1. The largest absolute Gasteiger partial charge is 0.489 e. The highest BCUT2D eigenvalue weighted by Gasteiger charge is 2.20. The molecule has 7 heteroatoms. The number of hydrogen-bond acceptors (Lipinski definition) is 5. The zero-order valence-electron chi connectivity index (χ0n) is 18.4. The number of hydrogen-bond donors (Lipinski definition) is 1. The van der Waals surface area contributed by atoms with Crippen molar-refractivity contribution in [3.05, 3.63) is 101 Å². The van der Waals surface area contributed by atoms with Crippen LogP contribution in [-0.2, 0) is 24.9 Å². The van der Waals surface area contributed by atoms with E-state index < -0.39 is 0 Å². The molecule has 4 aromatic rings. The van der Waals surface area contributed by atoms with E-state index in [9.17, 15) is 4.79 Å². The van der Waals surface area contributed by atoms with Crippen molar-refractivity contribution in [1.29, 1.82) is 0 Å². The van der Waals surface area contributed by atoms with Crippen LogP contribution < -0.4 is 10.1 Å². The molecule has 0 aliphatic heterocycles. The van der Waals surface area contributed by atoms with Gasteiger partial charge in [0.1, 0.15) is 30.0 Å². The SMILES string of the molecule is Cc1noc(C)c1COc1ccc(CC(=O)NC(c2ccccc2)c2nccn2C)cc1. The number of nitrogens with one attached hydrogen (secondary N) is 1.